The third kappa shape index (κ3) is 5.40. The molecule has 2 aromatic carbocycles. The standard InChI is InChI=1S/C25H27N3O2S/c1-19-8-10-23(30-2)21(16-19)9-11-24(29)28-14-12-27(13-15-28)17-22-18-31-25(26-22)20-6-4-3-5-7-20/h3-11,16,18H,12-15,17H2,1-2H3/b11-9+. The van der Waals surface area contributed by atoms with Gasteiger partial charge in [0.05, 0.1) is 12.8 Å². The molecule has 160 valence electrons. The molecule has 0 atom stereocenters. The van der Waals surface area contributed by atoms with Gasteiger partial charge in [-0.2, -0.15) is 0 Å². The minimum Gasteiger partial charge on any atom is -0.496 e. The Labute approximate surface area is 187 Å². The van der Waals surface area contributed by atoms with Gasteiger partial charge in [-0.15, -0.1) is 11.3 Å². The first-order chi connectivity index (χ1) is 15.1. The maximum Gasteiger partial charge on any atom is 0.246 e. The first-order valence-electron chi connectivity index (χ1n) is 10.5. The molecule has 1 fully saturated rings. The number of benzene rings is 2. The molecule has 0 aliphatic carbocycles. The predicted octanol–water partition coefficient (Wildman–Crippen LogP) is 4.48. The lowest BCUT2D eigenvalue weighted by molar-refractivity contribution is -0.127. The fourth-order valence-electron chi connectivity index (χ4n) is 3.70. The Morgan fingerprint density at radius 3 is 2.65 bits per heavy atom. The van der Waals surface area contributed by atoms with Crippen molar-refractivity contribution in [1.29, 1.82) is 0 Å². The van der Waals surface area contributed by atoms with Crippen LogP contribution >= 0.6 is 11.3 Å². The summed E-state index contributed by atoms with van der Waals surface area (Å²) in [6, 6.07) is 16.2. The monoisotopic (exact) mass is 433 g/mol. The third-order valence-electron chi connectivity index (χ3n) is 5.43. The lowest BCUT2D eigenvalue weighted by Crippen LogP contribution is -2.47. The van der Waals surface area contributed by atoms with Crippen LogP contribution in [0.2, 0.25) is 0 Å². The number of nitrogens with zero attached hydrogens (tertiary/aromatic N) is 3. The lowest BCUT2D eigenvalue weighted by atomic mass is 10.1. The van der Waals surface area contributed by atoms with Gasteiger partial charge < -0.3 is 9.64 Å². The number of ether oxygens (including phenoxy) is 1. The topological polar surface area (TPSA) is 45.7 Å². The number of thiazole rings is 1. The average Bonchev–Trinajstić information content (AvgIpc) is 3.27. The summed E-state index contributed by atoms with van der Waals surface area (Å²) in [5, 5.41) is 3.19. The molecule has 5 nitrogen and oxygen atoms in total. The van der Waals surface area contributed by atoms with Gasteiger partial charge in [-0.3, -0.25) is 9.69 Å². The fraction of sp³-hybridized carbons (Fsp3) is 0.280. The Bertz CT molecular complexity index is 1050. The highest BCUT2D eigenvalue weighted by Crippen LogP contribution is 2.24. The van der Waals surface area contributed by atoms with Gasteiger partial charge in [-0.05, 0) is 25.1 Å². The molecule has 1 amide bonds. The number of hydrogen-bond donors (Lipinski definition) is 0. The van der Waals surface area contributed by atoms with Crippen LogP contribution in [0.4, 0.5) is 0 Å². The van der Waals surface area contributed by atoms with E-state index in [1.807, 2.05) is 54.3 Å². The molecule has 1 aliphatic heterocycles. The zero-order valence-electron chi connectivity index (χ0n) is 18.0. The molecule has 2 heterocycles. The maximum atomic E-state index is 12.7. The Morgan fingerprint density at radius 2 is 1.90 bits per heavy atom. The van der Waals surface area contributed by atoms with Crippen molar-refractivity contribution in [3.8, 4) is 16.3 Å². The normalized spacial score (nSPS) is 14.8. The highest BCUT2D eigenvalue weighted by Gasteiger charge is 2.20. The largest absolute Gasteiger partial charge is 0.496 e. The van der Waals surface area contributed by atoms with E-state index in [-0.39, 0.29) is 5.91 Å². The number of amides is 1. The predicted molar refractivity (Wildman–Crippen MR) is 126 cm³/mol. The quantitative estimate of drug-likeness (QED) is 0.538. The van der Waals surface area contributed by atoms with Crippen LogP contribution in [0.25, 0.3) is 16.6 Å². The molecular formula is C25H27N3O2S. The van der Waals surface area contributed by atoms with Crippen molar-refractivity contribution in [2.45, 2.75) is 13.5 Å². The van der Waals surface area contributed by atoms with Gasteiger partial charge in [-0.25, -0.2) is 4.98 Å². The minimum atomic E-state index is 0.0447. The third-order valence-corrected chi connectivity index (χ3v) is 6.37. The van der Waals surface area contributed by atoms with E-state index >= 15 is 0 Å². The summed E-state index contributed by atoms with van der Waals surface area (Å²) < 4.78 is 5.39. The summed E-state index contributed by atoms with van der Waals surface area (Å²) in [5.74, 6) is 0.820. The van der Waals surface area contributed by atoms with Crippen LogP contribution in [0.1, 0.15) is 16.8 Å². The van der Waals surface area contributed by atoms with E-state index in [1.54, 1.807) is 24.5 Å². The number of carbonyl (C=O) groups excluding carboxylic acids is 1. The molecular weight excluding hydrogens is 406 g/mol. The van der Waals surface area contributed by atoms with Crippen LogP contribution in [-0.2, 0) is 11.3 Å². The lowest BCUT2D eigenvalue weighted by Gasteiger charge is -2.33. The van der Waals surface area contributed by atoms with E-state index in [0.29, 0.717) is 0 Å². The van der Waals surface area contributed by atoms with Crippen molar-refractivity contribution in [1.82, 2.24) is 14.8 Å². The molecule has 0 radical (unpaired) electrons. The zero-order chi connectivity index (χ0) is 21.6. The SMILES string of the molecule is COc1ccc(C)cc1/C=C/C(=O)N1CCN(Cc2csc(-c3ccccc3)n2)CC1. The molecule has 1 aromatic heterocycles. The average molecular weight is 434 g/mol. The molecule has 1 aliphatic rings. The number of methoxy groups -OCH3 is 1. The van der Waals surface area contributed by atoms with Crippen molar-refractivity contribution in [2.24, 2.45) is 0 Å². The Kier molecular flexibility index (Phi) is 6.79. The first-order valence-corrected chi connectivity index (χ1v) is 11.3. The van der Waals surface area contributed by atoms with Crippen molar-refractivity contribution in [2.75, 3.05) is 33.3 Å². The minimum absolute atomic E-state index is 0.0447. The van der Waals surface area contributed by atoms with Crippen LogP contribution < -0.4 is 4.74 Å². The summed E-state index contributed by atoms with van der Waals surface area (Å²) in [5.41, 5.74) is 4.31. The van der Waals surface area contributed by atoms with E-state index in [9.17, 15) is 4.79 Å². The van der Waals surface area contributed by atoms with E-state index < -0.39 is 0 Å². The maximum absolute atomic E-state index is 12.7. The number of hydrogen-bond acceptors (Lipinski definition) is 5. The molecule has 0 spiro atoms. The summed E-state index contributed by atoms with van der Waals surface area (Å²) in [4.78, 5) is 21.7. The molecule has 0 unspecified atom stereocenters. The number of aryl methyl sites for hydroxylation is 1. The van der Waals surface area contributed by atoms with Crippen LogP contribution in [0.3, 0.4) is 0 Å². The van der Waals surface area contributed by atoms with Crippen molar-refractivity contribution < 1.29 is 9.53 Å². The molecule has 3 aromatic rings. The van der Waals surface area contributed by atoms with E-state index in [2.05, 4.69) is 22.4 Å². The molecule has 31 heavy (non-hydrogen) atoms. The Morgan fingerprint density at radius 1 is 1.13 bits per heavy atom. The second-order valence-electron chi connectivity index (χ2n) is 7.69. The van der Waals surface area contributed by atoms with Crippen LogP contribution in [-0.4, -0.2) is 54.0 Å². The second kappa shape index (κ2) is 9.90. The van der Waals surface area contributed by atoms with Gasteiger partial charge in [0.2, 0.25) is 5.91 Å². The molecule has 4 rings (SSSR count). The smallest absolute Gasteiger partial charge is 0.246 e. The van der Waals surface area contributed by atoms with Gasteiger partial charge in [0.1, 0.15) is 10.8 Å². The highest BCUT2D eigenvalue weighted by molar-refractivity contribution is 7.13. The number of carbonyl (C=O) groups is 1. The van der Waals surface area contributed by atoms with Crippen molar-refractivity contribution in [3.63, 3.8) is 0 Å². The van der Waals surface area contributed by atoms with Crippen molar-refractivity contribution >= 4 is 23.3 Å². The number of aromatic nitrogens is 1. The van der Waals surface area contributed by atoms with Gasteiger partial charge in [0, 0.05) is 55.3 Å². The summed E-state index contributed by atoms with van der Waals surface area (Å²) >= 11 is 1.68. The van der Waals surface area contributed by atoms with Gasteiger partial charge in [0.25, 0.3) is 0 Å². The summed E-state index contributed by atoms with van der Waals surface area (Å²) in [7, 11) is 1.65. The zero-order valence-corrected chi connectivity index (χ0v) is 18.8. The van der Waals surface area contributed by atoms with Crippen LogP contribution in [0, 0.1) is 6.92 Å². The number of piperazine rings is 1. The summed E-state index contributed by atoms with van der Waals surface area (Å²) in [6.45, 7) is 6.01. The van der Waals surface area contributed by atoms with Crippen LogP contribution in [0.5, 0.6) is 5.75 Å². The Hall–Kier alpha value is -2.96. The Balaban J connectivity index is 1.30. The first kappa shape index (κ1) is 21.3. The van der Waals surface area contributed by atoms with Gasteiger partial charge in [0.15, 0.2) is 0 Å². The second-order valence-corrected chi connectivity index (χ2v) is 8.55. The van der Waals surface area contributed by atoms with E-state index in [1.165, 1.54) is 0 Å². The van der Waals surface area contributed by atoms with Gasteiger partial charge in [-0.1, -0.05) is 42.0 Å². The molecule has 0 N–H and O–H groups in total. The molecule has 1 saturated heterocycles. The van der Waals surface area contributed by atoms with Crippen LogP contribution in [0.15, 0.2) is 60.0 Å². The van der Waals surface area contributed by atoms with E-state index in [0.717, 1.165) is 65.9 Å². The molecule has 6 heteroatoms. The summed E-state index contributed by atoms with van der Waals surface area (Å²) in [6.07, 6.45) is 3.50. The fourth-order valence-corrected chi connectivity index (χ4v) is 4.52. The number of rotatable bonds is 6. The highest BCUT2D eigenvalue weighted by atomic mass is 32.1. The molecule has 0 bridgehead atoms. The van der Waals surface area contributed by atoms with Crippen molar-refractivity contribution in [3.05, 3.63) is 76.8 Å². The van der Waals surface area contributed by atoms with Gasteiger partial charge >= 0.3 is 0 Å². The van der Waals surface area contributed by atoms with E-state index in [4.69, 9.17) is 9.72 Å². The molecule has 0 saturated carbocycles.